The number of hydrogen-bond acceptors (Lipinski definition) is 7. The first kappa shape index (κ1) is 25.2. The highest BCUT2D eigenvalue weighted by Crippen LogP contribution is 2.39. The third-order valence-corrected chi connectivity index (χ3v) is 5.04. The number of ether oxygens (including phenoxy) is 5. The zero-order valence-corrected chi connectivity index (χ0v) is 19.8. The molecule has 0 aromatic heterocycles. The molecule has 1 saturated heterocycles. The van der Waals surface area contributed by atoms with Crippen LogP contribution in [0, 0.1) is 0 Å². The van der Waals surface area contributed by atoms with Crippen molar-refractivity contribution in [3.05, 3.63) is 47.5 Å². The first-order valence-corrected chi connectivity index (χ1v) is 11.6. The van der Waals surface area contributed by atoms with Crippen LogP contribution < -0.4 is 29.8 Å². The molecule has 0 saturated carbocycles. The fraction of sp³-hybridized carbons (Fsp3) is 0.440. The molecule has 2 aromatic carbocycles. The van der Waals surface area contributed by atoms with E-state index in [4.69, 9.17) is 23.7 Å². The predicted molar refractivity (Wildman–Crippen MR) is 126 cm³/mol. The van der Waals surface area contributed by atoms with Crippen LogP contribution in [0.25, 0.3) is 0 Å². The van der Waals surface area contributed by atoms with E-state index < -0.39 is 11.8 Å². The molecule has 0 radical (unpaired) electrons. The smallest absolute Gasteiger partial charge is 0.269 e. The Bertz CT molecular complexity index is 929. The molecule has 9 heteroatoms. The highest BCUT2D eigenvalue weighted by molar-refractivity contribution is 5.99. The Balaban J connectivity index is 1.61. The molecule has 2 N–H and O–H groups in total. The molecule has 0 unspecified atom stereocenters. The van der Waals surface area contributed by atoms with Gasteiger partial charge < -0.3 is 23.7 Å². The van der Waals surface area contributed by atoms with Crippen molar-refractivity contribution in [1.29, 1.82) is 0 Å². The third-order valence-electron chi connectivity index (χ3n) is 5.04. The molecule has 184 valence electrons. The lowest BCUT2D eigenvalue weighted by atomic mass is 10.1. The van der Waals surface area contributed by atoms with Gasteiger partial charge in [-0.3, -0.25) is 20.4 Å². The van der Waals surface area contributed by atoms with E-state index in [1.54, 1.807) is 36.4 Å². The van der Waals surface area contributed by atoms with Gasteiger partial charge in [-0.05, 0) is 70.0 Å². The lowest BCUT2D eigenvalue weighted by Gasteiger charge is -2.17. The fourth-order valence-corrected chi connectivity index (χ4v) is 3.45. The summed E-state index contributed by atoms with van der Waals surface area (Å²) in [5, 5.41) is 0. The number of rotatable bonds is 11. The molecule has 2 amide bonds. The summed E-state index contributed by atoms with van der Waals surface area (Å²) in [4.78, 5) is 25.2. The number of amides is 2. The maximum atomic E-state index is 12.7. The van der Waals surface area contributed by atoms with Crippen LogP contribution in [0.2, 0.25) is 0 Å². The van der Waals surface area contributed by atoms with Crippen LogP contribution in [-0.4, -0.2) is 51.0 Å². The standard InChI is InChI=1S/C25H32N2O7/c1-4-30-21-14-18(15-22(31-5-2)23(21)32-6-3)25(29)27-26-24(28)17-9-11-19(12-10-17)34-16-20-8-7-13-33-20/h9-12,14-15,20H,4-8,13,16H2,1-3H3,(H,26,28)(H,27,29)/t20-/m0/s1. The Morgan fingerprint density at radius 1 is 0.853 bits per heavy atom. The van der Waals surface area contributed by atoms with E-state index in [1.165, 1.54) is 0 Å². The molecule has 0 aliphatic carbocycles. The molecule has 0 spiro atoms. The SMILES string of the molecule is CCOc1cc(C(=O)NNC(=O)c2ccc(OC[C@@H]3CCCO3)cc2)cc(OCC)c1OCC. The van der Waals surface area contributed by atoms with Crippen LogP contribution in [0.5, 0.6) is 23.0 Å². The summed E-state index contributed by atoms with van der Waals surface area (Å²) < 4.78 is 28.2. The number of carbonyl (C=O) groups excluding carboxylic acids is 2. The Hall–Kier alpha value is -3.46. The van der Waals surface area contributed by atoms with Crippen LogP contribution in [-0.2, 0) is 4.74 Å². The minimum Gasteiger partial charge on any atom is -0.491 e. The Morgan fingerprint density at radius 2 is 1.44 bits per heavy atom. The van der Waals surface area contributed by atoms with Gasteiger partial charge in [-0.2, -0.15) is 0 Å². The fourth-order valence-electron chi connectivity index (χ4n) is 3.45. The van der Waals surface area contributed by atoms with Gasteiger partial charge in [-0.15, -0.1) is 0 Å². The van der Waals surface area contributed by atoms with Gasteiger partial charge in [-0.25, -0.2) is 0 Å². The number of benzene rings is 2. The molecule has 1 heterocycles. The second-order valence-electron chi connectivity index (χ2n) is 7.48. The average molecular weight is 473 g/mol. The van der Waals surface area contributed by atoms with E-state index in [0.29, 0.717) is 55.0 Å². The van der Waals surface area contributed by atoms with Gasteiger partial charge >= 0.3 is 0 Å². The van der Waals surface area contributed by atoms with Crippen molar-refractivity contribution < 1.29 is 33.3 Å². The molecule has 1 atom stereocenters. The highest BCUT2D eigenvalue weighted by atomic mass is 16.5. The van der Waals surface area contributed by atoms with Gasteiger partial charge in [0.15, 0.2) is 11.5 Å². The maximum Gasteiger partial charge on any atom is 0.269 e. The van der Waals surface area contributed by atoms with Crippen LogP contribution in [0.1, 0.15) is 54.3 Å². The van der Waals surface area contributed by atoms with Crippen molar-refractivity contribution >= 4 is 11.8 Å². The predicted octanol–water partition coefficient (Wildman–Crippen LogP) is 3.52. The van der Waals surface area contributed by atoms with E-state index in [2.05, 4.69) is 10.9 Å². The van der Waals surface area contributed by atoms with Gasteiger partial charge in [-0.1, -0.05) is 0 Å². The molecule has 3 rings (SSSR count). The lowest BCUT2D eigenvalue weighted by molar-refractivity contribution is 0.0679. The molecule has 0 bridgehead atoms. The average Bonchev–Trinajstić information content (AvgIpc) is 3.37. The zero-order valence-electron chi connectivity index (χ0n) is 19.8. The molecule has 1 aliphatic heterocycles. The summed E-state index contributed by atoms with van der Waals surface area (Å²) in [6.07, 6.45) is 2.16. The zero-order chi connectivity index (χ0) is 24.3. The largest absolute Gasteiger partial charge is 0.491 e. The summed E-state index contributed by atoms with van der Waals surface area (Å²) in [6, 6.07) is 9.78. The number of hydrazine groups is 1. The number of carbonyl (C=O) groups is 2. The van der Waals surface area contributed by atoms with Crippen molar-refractivity contribution in [1.82, 2.24) is 10.9 Å². The first-order chi connectivity index (χ1) is 16.5. The molecule has 2 aromatic rings. The molecular formula is C25H32N2O7. The highest BCUT2D eigenvalue weighted by Gasteiger charge is 2.19. The minimum atomic E-state index is -0.519. The van der Waals surface area contributed by atoms with E-state index in [-0.39, 0.29) is 11.7 Å². The summed E-state index contributed by atoms with van der Waals surface area (Å²) in [7, 11) is 0. The first-order valence-electron chi connectivity index (χ1n) is 11.6. The Kier molecular flexibility index (Phi) is 9.40. The molecule has 9 nitrogen and oxygen atoms in total. The minimum absolute atomic E-state index is 0.118. The monoisotopic (exact) mass is 472 g/mol. The van der Waals surface area contributed by atoms with Crippen molar-refractivity contribution in [3.8, 4) is 23.0 Å². The van der Waals surface area contributed by atoms with Crippen LogP contribution in [0.15, 0.2) is 36.4 Å². The van der Waals surface area contributed by atoms with Gasteiger partial charge in [0.05, 0.1) is 25.9 Å². The maximum absolute atomic E-state index is 12.7. The molecular weight excluding hydrogens is 440 g/mol. The van der Waals surface area contributed by atoms with Crippen molar-refractivity contribution in [2.24, 2.45) is 0 Å². The van der Waals surface area contributed by atoms with Gasteiger partial charge in [0.1, 0.15) is 12.4 Å². The molecule has 34 heavy (non-hydrogen) atoms. The summed E-state index contributed by atoms with van der Waals surface area (Å²) in [6.45, 7) is 7.97. The van der Waals surface area contributed by atoms with Gasteiger partial charge in [0, 0.05) is 17.7 Å². The number of hydrogen-bond donors (Lipinski definition) is 2. The Morgan fingerprint density at radius 3 is 1.97 bits per heavy atom. The molecule has 1 aliphatic rings. The van der Waals surface area contributed by atoms with Crippen LogP contribution in [0.4, 0.5) is 0 Å². The Labute approximate surface area is 199 Å². The van der Waals surface area contributed by atoms with E-state index >= 15 is 0 Å². The quantitative estimate of drug-likeness (QED) is 0.482. The van der Waals surface area contributed by atoms with Gasteiger partial charge in [0.25, 0.3) is 11.8 Å². The van der Waals surface area contributed by atoms with Crippen molar-refractivity contribution in [2.45, 2.75) is 39.7 Å². The topological polar surface area (TPSA) is 104 Å². The van der Waals surface area contributed by atoms with E-state index in [1.807, 2.05) is 20.8 Å². The van der Waals surface area contributed by atoms with E-state index in [9.17, 15) is 9.59 Å². The van der Waals surface area contributed by atoms with E-state index in [0.717, 1.165) is 19.4 Å². The summed E-state index contributed by atoms with van der Waals surface area (Å²) in [5.41, 5.74) is 5.48. The normalized spacial score (nSPS) is 14.9. The van der Waals surface area contributed by atoms with Crippen molar-refractivity contribution in [2.75, 3.05) is 33.0 Å². The van der Waals surface area contributed by atoms with Crippen molar-refractivity contribution in [3.63, 3.8) is 0 Å². The number of nitrogens with one attached hydrogen (secondary N) is 2. The van der Waals surface area contributed by atoms with Crippen LogP contribution >= 0.6 is 0 Å². The summed E-state index contributed by atoms with van der Waals surface area (Å²) in [5.74, 6) is 0.900. The van der Waals surface area contributed by atoms with Gasteiger partial charge in [0.2, 0.25) is 5.75 Å². The summed E-state index contributed by atoms with van der Waals surface area (Å²) >= 11 is 0. The van der Waals surface area contributed by atoms with Crippen LogP contribution in [0.3, 0.4) is 0 Å². The second kappa shape index (κ2) is 12.7. The third kappa shape index (κ3) is 6.77. The lowest BCUT2D eigenvalue weighted by Crippen LogP contribution is -2.41. The molecule has 1 fully saturated rings. The second-order valence-corrected chi connectivity index (χ2v) is 7.48.